The number of methoxy groups -OCH3 is 1. The number of carbonyl (C=O) groups excluding carboxylic acids is 1. The Morgan fingerprint density at radius 2 is 2.14 bits per heavy atom. The van der Waals surface area contributed by atoms with Crippen LogP contribution in [0.15, 0.2) is 44.5 Å². The summed E-state index contributed by atoms with van der Waals surface area (Å²) in [5, 5.41) is 3.96. The predicted molar refractivity (Wildman–Crippen MR) is 92.4 cm³/mol. The van der Waals surface area contributed by atoms with E-state index in [-0.39, 0.29) is 5.91 Å². The van der Waals surface area contributed by atoms with Crippen LogP contribution >= 0.6 is 31.9 Å². The summed E-state index contributed by atoms with van der Waals surface area (Å²) in [4.78, 5) is 16.0. The Bertz CT molecular complexity index is 715. The van der Waals surface area contributed by atoms with Crippen LogP contribution in [-0.2, 0) is 0 Å². The Kier molecular flexibility index (Phi) is 5.68. The molecule has 2 aromatic rings. The molecule has 0 aliphatic carbocycles. The van der Waals surface area contributed by atoms with Gasteiger partial charge in [0.25, 0.3) is 5.91 Å². The van der Waals surface area contributed by atoms with Crippen LogP contribution in [-0.4, -0.2) is 24.2 Å². The molecule has 1 aromatic heterocycles. The van der Waals surface area contributed by atoms with Crippen molar-refractivity contribution in [3.8, 4) is 5.75 Å². The number of nitrogens with one attached hydrogen (secondary N) is 1. The van der Waals surface area contributed by atoms with Gasteiger partial charge in [-0.15, -0.1) is 0 Å². The fourth-order valence-corrected chi connectivity index (χ4v) is 3.14. The molecular formula is C15H13Br2N3O2. The van der Waals surface area contributed by atoms with Gasteiger partial charge in [-0.1, -0.05) is 15.9 Å². The third-order valence-corrected chi connectivity index (χ3v) is 3.83. The van der Waals surface area contributed by atoms with Gasteiger partial charge in [-0.25, -0.2) is 5.43 Å². The molecule has 0 aliphatic rings. The average molecular weight is 427 g/mol. The summed E-state index contributed by atoms with van der Waals surface area (Å²) in [7, 11) is 1.57. The van der Waals surface area contributed by atoms with E-state index in [1.165, 1.54) is 12.4 Å². The second-order valence-electron chi connectivity index (χ2n) is 4.40. The van der Waals surface area contributed by atoms with Gasteiger partial charge in [-0.3, -0.25) is 9.78 Å². The number of amides is 1. The lowest BCUT2D eigenvalue weighted by atomic mass is 10.2. The van der Waals surface area contributed by atoms with Gasteiger partial charge < -0.3 is 4.74 Å². The molecule has 2 rings (SSSR count). The average Bonchev–Trinajstić information content (AvgIpc) is 2.47. The van der Waals surface area contributed by atoms with Crippen molar-refractivity contribution in [1.82, 2.24) is 10.4 Å². The Hall–Kier alpha value is -1.73. The number of rotatable bonds is 4. The number of benzene rings is 1. The molecule has 0 unspecified atom stereocenters. The molecule has 0 atom stereocenters. The molecule has 1 amide bonds. The first-order chi connectivity index (χ1) is 10.5. The van der Waals surface area contributed by atoms with Crippen molar-refractivity contribution in [3.05, 3.63) is 56.2 Å². The van der Waals surface area contributed by atoms with Crippen molar-refractivity contribution in [2.75, 3.05) is 7.11 Å². The van der Waals surface area contributed by atoms with Crippen LogP contribution in [0.1, 0.15) is 21.6 Å². The molecule has 1 N–H and O–H groups in total. The van der Waals surface area contributed by atoms with E-state index >= 15 is 0 Å². The molecule has 1 aromatic carbocycles. The van der Waals surface area contributed by atoms with Crippen molar-refractivity contribution >= 4 is 44.0 Å². The third kappa shape index (κ3) is 4.14. The Balaban J connectivity index is 2.12. The molecule has 114 valence electrons. The molecule has 0 saturated carbocycles. The minimum absolute atomic E-state index is 0.322. The quantitative estimate of drug-likeness (QED) is 0.599. The second kappa shape index (κ2) is 7.51. The normalized spacial score (nSPS) is 10.7. The number of hydrogen-bond donors (Lipinski definition) is 1. The Morgan fingerprint density at radius 3 is 2.77 bits per heavy atom. The molecule has 1 heterocycles. The first-order valence-corrected chi connectivity index (χ1v) is 7.89. The van der Waals surface area contributed by atoms with Gasteiger partial charge >= 0.3 is 0 Å². The van der Waals surface area contributed by atoms with Gasteiger partial charge in [-0.2, -0.15) is 5.10 Å². The largest absolute Gasteiger partial charge is 0.495 e. The minimum Gasteiger partial charge on any atom is -0.495 e. The number of aryl methyl sites for hydroxylation is 1. The summed E-state index contributed by atoms with van der Waals surface area (Å²) < 4.78 is 6.97. The maximum atomic E-state index is 11.9. The number of aromatic nitrogens is 1. The number of halogens is 2. The van der Waals surface area contributed by atoms with Crippen LogP contribution < -0.4 is 10.2 Å². The van der Waals surface area contributed by atoms with Crippen molar-refractivity contribution in [2.45, 2.75) is 6.92 Å². The zero-order chi connectivity index (χ0) is 16.1. The summed E-state index contributed by atoms with van der Waals surface area (Å²) >= 11 is 6.81. The number of pyridine rings is 1. The van der Waals surface area contributed by atoms with E-state index in [0.717, 1.165) is 20.2 Å². The molecule has 0 aliphatic heterocycles. The second-order valence-corrected chi connectivity index (χ2v) is 6.17. The molecule has 5 nitrogen and oxygen atoms in total. The minimum atomic E-state index is -0.322. The van der Waals surface area contributed by atoms with Crippen molar-refractivity contribution < 1.29 is 9.53 Å². The highest BCUT2D eigenvalue weighted by Gasteiger charge is 2.08. The first kappa shape index (κ1) is 16.6. The fourth-order valence-electron chi connectivity index (χ4n) is 1.72. The molecule has 0 saturated heterocycles. The van der Waals surface area contributed by atoms with Crippen LogP contribution in [0.4, 0.5) is 0 Å². The number of hydrazone groups is 1. The van der Waals surface area contributed by atoms with Crippen molar-refractivity contribution in [3.63, 3.8) is 0 Å². The zero-order valence-electron chi connectivity index (χ0n) is 11.9. The Morgan fingerprint density at radius 1 is 1.36 bits per heavy atom. The van der Waals surface area contributed by atoms with Crippen LogP contribution in [0.2, 0.25) is 0 Å². The predicted octanol–water partition coefficient (Wildman–Crippen LogP) is 3.69. The maximum Gasteiger partial charge on any atom is 0.272 e. The molecule has 7 heteroatoms. The van der Waals surface area contributed by atoms with E-state index in [1.54, 1.807) is 19.2 Å². The van der Waals surface area contributed by atoms with Gasteiger partial charge in [0.2, 0.25) is 0 Å². The SMILES string of the molecule is COc1c(Br)cc(Br)cc1C=NNC(=O)c1ccc(C)nc1. The number of nitrogens with zero attached hydrogens (tertiary/aromatic N) is 2. The van der Waals surface area contributed by atoms with Crippen molar-refractivity contribution in [1.29, 1.82) is 0 Å². The smallest absolute Gasteiger partial charge is 0.272 e. The topological polar surface area (TPSA) is 63.6 Å². The van der Waals surface area contributed by atoms with E-state index < -0.39 is 0 Å². The fraction of sp³-hybridized carbons (Fsp3) is 0.133. The van der Waals surface area contributed by atoms with Crippen LogP contribution in [0.5, 0.6) is 5.75 Å². The monoisotopic (exact) mass is 425 g/mol. The highest BCUT2D eigenvalue weighted by atomic mass is 79.9. The Labute approximate surface area is 145 Å². The summed E-state index contributed by atoms with van der Waals surface area (Å²) in [6, 6.07) is 7.18. The highest BCUT2D eigenvalue weighted by Crippen LogP contribution is 2.31. The summed E-state index contributed by atoms with van der Waals surface area (Å²) in [6.07, 6.45) is 3.03. The van der Waals surface area contributed by atoms with E-state index in [2.05, 4.69) is 47.4 Å². The van der Waals surface area contributed by atoms with E-state index in [9.17, 15) is 4.79 Å². The van der Waals surface area contributed by atoms with Crippen LogP contribution in [0.3, 0.4) is 0 Å². The molecule has 0 fully saturated rings. The van der Waals surface area contributed by atoms with E-state index in [1.807, 2.05) is 19.1 Å². The molecule has 0 bridgehead atoms. The van der Waals surface area contributed by atoms with E-state index in [4.69, 9.17) is 4.74 Å². The maximum absolute atomic E-state index is 11.9. The molecule has 22 heavy (non-hydrogen) atoms. The van der Waals surface area contributed by atoms with Gasteiger partial charge in [0.1, 0.15) is 5.75 Å². The zero-order valence-corrected chi connectivity index (χ0v) is 15.1. The van der Waals surface area contributed by atoms with Crippen molar-refractivity contribution in [2.24, 2.45) is 5.10 Å². The van der Waals surface area contributed by atoms with Gasteiger partial charge in [0.05, 0.1) is 23.4 Å². The summed E-state index contributed by atoms with van der Waals surface area (Å²) in [5.74, 6) is 0.315. The standard InChI is InChI=1S/C15H13Br2N3O2/c1-9-3-4-10(7-18-9)15(21)20-19-8-11-5-12(16)6-13(17)14(11)22-2/h3-8H,1-2H3,(H,20,21). The number of hydrogen-bond acceptors (Lipinski definition) is 4. The van der Waals surface area contributed by atoms with Gasteiger partial charge in [0.15, 0.2) is 0 Å². The first-order valence-electron chi connectivity index (χ1n) is 6.30. The van der Waals surface area contributed by atoms with Gasteiger partial charge in [0, 0.05) is 21.9 Å². The third-order valence-electron chi connectivity index (χ3n) is 2.78. The summed E-state index contributed by atoms with van der Waals surface area (Å²) in [6.45, 7) is 1.86. The summed E-state index contributed by atoms with van der Waals surface area (Å²) in [5.41, 5.74) is 4.49. The van der Waals surface area contributed by atoms with E-state index in [0.29, 0.717) is 11.3 Å². The van der Waals surface area contributed by atoms with Crippen LogP contribution in [0.25, 0.3) is 0 Å². The number of ether oxygens (including phenoxy) is 1. The van der Waals surface area contributed by atoms with Gasteiger partial charge in [-0.05, 0) is 47.1 Å². The lowest BCUT2D eigenvalue weighted by Crippen LogP contribution is -2.17. The lowest BCUT2D eigenvalue weighted by Gasteiger charge is -2.07. The molecular weight excluding hydrogens is 414 g/mol. The highest BCUT2D eigenvalue weighted by molar-refractivity contribution is 9.11. The molecule has 0 spiro atoms. The molecule has 0 radical (unpaired) electrons. The number of carbonyl (C=O) groups is 1. The van der Waals surface area contributed by atoms with Crippen LogP contribution in [0, 0.1) is 6.92 Å². The lowest BCUT2D eigenvalue weighted by molar-refractivity contribution is 0.0955.